The van der Waals surface area contributed by atoms with Gasteiger partial charge in [-0.05, 0) is 31.0 Å². The summed E-state index contributed by atoms with van der Waals surface area (Å²) in [5.41, 5.74) is 1.03. The minimum atomic E-state index is -0.469. The fourth-order valence-electron chi connectivity index (χ4n) is 2.42. The molecule has 0 saturated heterocycles. The molecular formula is C16H24O5. The van der Waals surface area contributed by atoms with E-state index in [1.54, 1.807) is 14.2 Å². The molecule has 0 amide bonds. The van der Waals surface area contributed by atoms with Crippen molar-refractivity contribution >= 4 is 0 Å². The van der Waals surface area contributed by atoms with Gasteiger partial charge in [0.15, 0.2) is 11.5 Å². The first-order valence-corrected chi connectivity index (χ1v) is 7.29. The second-order valence-corrected chi connectivity index (χ2v) is 5.29. The van der Waals surface area contributed by atoms with Crippen LogP contribution in [0.3, 0.4) is 0 Å². The van der Waals surface area contributed by atoms with E-state index < -0.39 is 6.10 Å². The highest BCUT2D eigenvalue weighted by atomic mass is 16.6. The first-order valence-electron chi connectivity index (χ1n) is 7.29. The van der Waals surface area contributed by atoms with Crippen LogP contribution in [0.4, 0.5) is 0 Å². The van der Waals surface area contributed by atoms with Crippen LogP contribution in [0.5, 0.6) is 17.2 Å². The number of methoxy groups -OCH3 is 2. The molecule has 118 valence electrons. The SMILES string of the molecule is CCCOC1C(O)CC1Oc1c(OC)cc(C)cc1OC. The summed E-state index contributed by atoms with van der Waals surface area (Å²) in [4.78, 5) is 0. The number of rotatable bonds is 7. The van der Waals surface area contributed by atoms with Crippen molar-refractivity contribution in [1.82, 2.24) is 0 Å². The second-order valence-electron chi connectivity index (χ2n) is 5.29. The van der Waals surface area contributed by atoms with Crippen LogP contribution in [0.2, 0.25) is 0 Å². The van der Waals surface area contributed by atoms with Crippen LogP contribution < -0.4 is 14.2 Å². The lowest BCUT2D eigenvalue weighted by atomic mass is 9.88. The summed E-state index contributed by atoms with van der Waals surface area (Å²) in [7, 11) is 3.20. The van der Waals surface area contributed by atoms with Crippen molar-refractivity contribution in [2.45, 2.75) is 45.0 Å². The van der Waals surface area contributed by atoms with Crippen molar-refractivity contribution in [3.8, 4) is 17.2 Å². The molecule has 1 aromatic rings. The molecule has 1 saturated carbocycles. The van der Waals surface area contributed by atoms with Gasteiger partial charge < -0.3 is 24.1 Å². The third-order valence-electron chi connectivity index (χ3n) is 3.61. The van der Waals surface area contributed by atoms with E-state index in [9.17, 15) is 5.11 Å². The van der Waals surface area contributed by atoms with Gasteiger partial charge in [-0.3, -0.25) is 0 Å². The fraction of sp³-hybridized carbons (Fsp3) is 0.625. The van der Waals surface area contributed by atoms with Crippen molar-refractivity contribution in [2.24, 2.45) is 0 Å². The standard InChI is InChI=1S/C16H24O5/c1-5-6-20-15-11(17)9-14(15)21-16-12(18-3)7-10(2)8-13(16)19-4/h7-8,11,14-15,17H,5-6,9H2,1-4H3. The van der Waals surface area contributed by atoms with Gasteiger partial charge in [-0.15, -0.1) is 0 Å². The minimum Gasteiger partial charge on any atom is -0.493 e. The maximum Gasteiger partial charge on any atom is 0.203 e. The second kappa shape index (κ2) is 7.00. The number of aliphatic hydroxyl groups excluding tert-OH is 1. The van der Waals surface area contributed by atoms with Gasteiger partial charge in [0.1, 0.15) is 12.2 Å². The normalized spacial score (nSPS) is 24.3. The van der Waals surface area contributed by atoms with Crippen LogP contribution in [-0.4, -0.2) is 44.2 Å². The van der Waals surface area contributed by atoms with Crippen molar-refractivity contribution in [2.75, 3.05) is 20.8 Å². The zero-order chi connectivity index (χ0) is 15.4. The van der Waals surface area contributed by atoms with Gasteiger partial charge in [0.2, 0.25) is 5.75 Å². The van der Waals surface area contributed by atoms with Gasteiger partial charge in [0.25, 0.3) is 0 Å². The number of ether oxygens (including phenoxy) is 4. The predicted molar refractivity (Wildman–Crippen MR) is 79.4 cm³/mol. The van der Waals surface area contributed by atoms with E-state index in [1.807, 2.05) is 26.0 Å². The molecular weight excluding hydrogens is 272 g/mol. The van der Waals surface area contributed by atoms with E-state index in [-0.39, 0.29) is 12.2 Å². The first-order chi connectivity index (χ1) is 10.1. The van der Waals surface area contributed by atoms with E-state index in [0.29, 0.717) is 30.3 Å². The number of hydrogen-bond donors (Lipinski definition) is 1. The van der Waals surface area contributed by atoms with Crippen LogP contribution in [0.1, 0.15) is 25.3 Å². The van der Waals surface area contributed by atoms with Crippen molar-refractivity contribution in [1.29, 1.82) is 0 Å². The molecule has 1 N–H and O–H groups in total. The summed E-state index contributed by atoms with van der Waals surface area (Å²) < 4.78 is 22.4. The van der Waals surface area contributed by atoms with E-state index >= 15 is 0 Å². The van der Waals surface area contributed by atoms with Gasteiger partial charge in [-0.1, -0.05) is 6.92 Å². The smallest absolute Gasteiger partial charge is 0.203 e. The molecule has 0 radical (unpaired) electrons. The van der Waals surface area contributed by atoms with Crippen LogP contribution in [0, 0.1) is 6.92 Å². The maximum absolute atomic E-state index is 9.81. The Labute approximate surface area is 125 Å². The molecule has 21 heavy (non-hydrogen) atoms. The molecule has 5 heteroatoms. The summed E-state index contributed by atoms with van der Waals surface area (Å²) in [6.45, 7) is 4.62. The Kier molecular flexibility index (Phi) is 5.31. The first kappa shape index (κ1) is 15.9. The van der Waals surface area contributed by atoms with E-state index in [4.69, 9.17) is 18.9 Å². The van der Waals surface area contributed by atoms with Gasteiger partial charge in [-0.25, -0.2) is 0 Å². The molecule has 0 heterocycles. The number of hydrogen-bond acceptors (Lipinski definition) is 5. The van der Waals surface area contributed by atoms with Crippen LogP contribution in [0.25, 0.3) is 0 Å². The molecule has 0 aromatic heterocycles. The van der Waals surface area contributed by atoms with Crippen LogP contribution in [-0.2, 0) is 4.74 Å². The largest absolute Gasteiger partial charge is 0.493 e. The Morgan fingerprint density at radius 2 is 1.81 bits per heavy atom. The molecule has 2 rings (SSSR count). The Hall–Kier alpha value is -1.46. The lowest BCUT2D eigenvalue weighted by Gasteiger charge is -2.41. The molecule has 1 aliphatic rings. The van der Waals surface area contributed by atoms with E-state index in [0.717, 1.165) is 12.0 Å². The van der Waals surface area contributed by atoms with Crippen molar-refractivity contribution < 1.29 is 24.1 Å². The summed E-state index contributed by atoms with van der Waals surface area (Å²) in [6, 6.07) is 3.80. The Morgan fingerprint density at radius 1 is 1.19 bits per heavy atom. The third kappa shape index (κ3) is 3.41. The average molecular weight is 296 g/mol. The molecule has 0 spiro atoms. The zero-order valence-electron chi connectivity index (χ0n) is 13.1. The molecule has 1 aromatic carbocycles. The molecule has 1 fully saturated rings. The van der Waals surface area contributed by atoms with Crippen molar-refractivity contribution in [3.63, 3.8) is 0 Å². The number of benzene rings is 1. The maximum atomic E-state index is 9.81. The van der Waals surface area contributed by atoms with Gasteiger partial charge in [0, 0.05) is 13.0 Å². The van der Waals surface area contributed by atoms with Gasteiger partial charge in [0.05, 0.1) is 20.3 Å². The Bertz CT molecular complexity index is 449. The number of aliphatic hydroxyl groups is 1. The average Bonchev–Trinajstić information content (AvgIpc) is 2.47. The molecule has 0 bridgehead atoms. The minimum absolute atomic E-state index is 0.183. The molecule has 0 aliphatic heterocycles. The van der Waals surface area contributed by atoms with Crippen LogP contribution in [0.15, 0.2) is 12.1 Å². The highest BCUT2D eigenvalue weighted by Gasteiger charge is 2.43. The highest BCUT2D eigenvalue weighted by Crippen LogP contribution is 2.41. The highest BCUT2D eigenvalue weighted by molar-refractivity contribution is 5.53. The van der Waals surface area contributed by atoms with Crippen LogP contribution >= 0.6 is 0 Å². The summed E-state index contributed by atoms with van der Waals surface area (Å²) in [6.07, 6.45) is 0.517. The predicted octanol–water partition coefficient (Wildman–Crippen LogP) is 2.32. The third-order valence-corrected chi connectivity index (χ3v) is 3.61. The number of aryl methyl sites for hydroxylation is 1. The Morgan fingerprint density at radius 3 is 2.29 bits per heavy atom. The topological polar surface area (TPSA) is 57.2 Å². The summed E-state index contributed by atoms with van der Waals surface area (Å²) >= 11 is 0. The summed E-state index contributed by atoms with van der Waals surface area (Å²) in [5, 5.41) is 9.81. The molecule has 3 atom stereocenters. The fourth-order valence-corrected chi connectivity index (χ4v) is 2.42. The van der Waals surface area contributed by atoms with Gasteiger partial charge >= 0.3 is 0 Å². The lowest BCUT2D eigenvalue weighted by molar-refractivity contribution is -0.163. The zero-order valence-corrected chi connectivity index (χ0v) is 13.1. The molecule has 3 unspecified atom stereocenters. The summed E-state index contributed by atoms with van der Waals surface area (Å²) in [5.74, 6) is 1.82. The lowest BCUT2D eigenvalue weighted by Crippen LogP contribution is -2.55. The monoisotopic (exact) mass is 296 g/mol. The van der Waals surface area contributed by atoms with Gasteiger partial charge in [-0.2, -0.15) is 0 Å². The van der Waals surface area contributed by atoms with Crippen molar-refractivity contribution in [3.05, 3.63) is 17.7 Å². The van der Waals surface area contributed by atoms with E-state index in [2.05, 4.69) is 0 Å². The quantitative estimate of drug-likeness (QED) is 0.837. The molecule has 1 aliphatic carbocycles. The van der Waals surface area contributed by atoms with E-state index in [1.165, 1.54) is 0 Å². The Balaban J connectivity index is 2.15. The molecule has 5 nitrogen and oxygen atoms in total.